The molecule has 0 saturated heterocycles. The molecule has 3 nitrogen and oxygen atoms in total. The second kappa shape index (κ2) is 4.57. The smallest absolute Gasteiger partial charge is 0.122 e. The fraction of sp³-hybridized carbons (Fsp3) is 0.571. The van der Waals surface area contributed by atoms with Gasteiger partial charge in [0.2, 0.25) is 0 Å². The minimum atomic E-state index is 0.0839. The van der Waals surface area contributed by atoms with E-state index in [1.165, 1.54) is 5.56 Å². The predicted molar refractivity (Wildman–Crippen MR) is 68.8 cm³/mol. The molecule has 2 N–H and O–H groups in total. The maximum Gasteiger partial charge on any atom is 0.122 e. The topological polar surface area (TPSA) is 44.5 Å². The minimum Gasteiger partial charge on any atom is -0.496 e. The van der Waals surface area contributed by atoms with E-state index in [0.29, 0.717) is 0 Å². The Morgan fingerprint density at radius 1 is 1.18 bits per heavy atom. The number of hydrogen-bond donors (Lipinski definition) is 1. The predicted octanol–water partition coefficient (Wildman–Crippen LogP) is 2.44. The number of hydrogen-bond acceptors (Lipinski definition) is 3. The SMILES string of the molecule is COc1ccc(OC)c(CCC2(N)CC2)c1C. The Labute approximate surface area is 103 Å². The third-order valence-electron chi connectivity index (χ3n) is 3.71. The van der Waals surface area contributed by atoms with E-state index in [0.717, 1.165) is 42.7 Å². The monoisotopic (exact) mass is 235 g/mol. The summed E-state index contributed by atoms with van der Waals surface area (Å²) in [5, 5.41) is 0. The molecule has 1 aliphatic rings. The summed E-state index contributed by atoms with van der Waals surface area (Å²) in [5.74, 6) is 1.86. The second-order valence-corrected chi connectivity index (χ2v) is 4.94. The van der Waals surface area contributed by atoms with E-state index in [-0.39, 0.29) is 5.54 Å². The largest absolute Gasteiger partial charge is 0.496 e. The van der Waals surface area contributed by atoms with Crippen LogP contribution in [0, 0.1) is 6.92 Å². The zero-order valence-electron chi connectivity index (χ0n) is 10.9. The summed E-state index contributed by atoms with van der Waals surface area (Å²) >= 11 is 0. The van der Waals surface area contributed by atoms with Crippen LogP contribution in [0.5, 0.6) is 11.5 Å². The van der Waals surface area contributed by atoms with Crippen molar-refractivity contribution in [2.75, 3.05) is 14.2 Å². The van der Waals surface area contributed by atoms with Gasteiger partial charge in [0.05, 0.1) is 14.2 Å². The highest BCUT2D eigenvalue weighted by atomic mass is 16.5. The van der Waals surface area contributed by atoms with Crippen LogP contribution in [0.15, 0.2) is 12.1 Å². The molecule has 0 spiro atoms. The van der Waals surface area contributed by atoms with E-state index in [2.05, 4.69) is 6.92 Å². The highest BCUT2D eigenvalue weighted by Gasteiger charge is 2.37. The van der Waals surface area contributed by atoms with Crippen LogP contribution >= 0.6 is 0 Å². The molecule has 0 atom stereocenters. The summed E-state index contributed by atoms with van der Waals surface area (Å²) in [6, 6.07) is 3.92. The standard InChI is InChI=1S/C14H21NO2/c1-10-11(6-7-14(15)8-9-14)13(17-3)5-4-12(10)16-2/h4-5H,6-9,15H2,1-3H3. The van der Waals surface area contributed by atoms with Gasteiger partial charge < -0.3 is 15.2 Å². The van der Waals surface area contributed by atoms with Crippen molar-refractivity contribution in [3.8, 4) is 11.5 Å². The molecule has 1 fully saturated rings. The molecule has 94 valence electrons. The molecule has 0 heterocycles. The van der Waals surface area contributed by atoms with Gasteiger partial charge in [-0.3, -0.25) is 0 Å². The quantitative estimate of drug-likeness (QED) is 0.852. The van der Waals surface area contributed by atoms with Gasteiger partial charge in [0.15, 0.2) is 0 Å². The molecule has 2 rings (SSSR count). The Kier molecular flexibility index (Phi) is 3.29. The lowest BCUT2D eigenvalue weighted by atomic mass is 9.98. The average molecular weight is 235 g/mol. The molecule has 0 radical (unpaired) electrons. The molecule has 1 aromatic rings. The first-order valence-electron chi connectivity index (χ1n) is 6.09. The molecule has 1 saturated carbocycles. The molecule has 0 bridgehead atoms. The van der Waals surface area contributed by atoms with Crippen molar-refractivity contribution < 1.29 is 9.47 Å². The lowest BCUT2D eigenvalue weighted by Gasteiger charge is -2.16. The lowest BCUT2D eigenvalue weighted by Crippen LogP contribution is -2.22. The summed E-state index contributed by atoms with van der Waals surface area (Å²) in [4.78, 5) is 0. The maximum absolute atomic E-state index is 6.13. The van der Waals surface area contributed by atoms with Gasteiger partial charge in [-0.1, -0.05) is 0 Å². The third-order valence-corrected chi connectivity index (χ3v) is 3.71. The molecular formula is C14H21NO2. The van der Waals surface area contributed by atoms with Gasteiger partial charge in [0, 0.05) is 11.1 Å². The first-order chi connectivity index (χ1) is 8.09. The molecule has 1 aromatic carbocycles. The zero-order chi connectivity index (χ0) is 12.5. The van der Waals surface area contributed by atoms with Gasteiger partial charge >= 0.3 is 0 Å². The fourth-order valence-corrected chi connectivity index (χ4v) is 2.22. The van der Waals surface area contributed by atoms with Crippen LogP contribution < -0.4 is 15.2 Å². The van der Waals surface area contributed by atoms with Crippen LogP contribution in [0.4, 0.5) is 0 Å². The maximum atomic E-state index is 6.13. The fourth-order valence-electron chi connectivity index (χ4n) is 2.22. The summed E-state index contributed by atoms with van der Waals surface area (Å²) in [7, 11) is 3.41. The number of nitrogens with two attached hydrogens (primary N) is 1. The lowest BCUT2D eigenvalue weighted by molar-refractivity contribution is 0.394. The zero-order valence-corrected chi connectivity index (χ0v) is 10.9. The Hall–Kier alpha value is -1.22. The number of rotatable bonds is 5. The van der Waals surface area contributed by atoms with Crippen LogP contribution in [0.2, 0.25) is 0 Å². The summed E-state index contributed by atoms with van der Waals surface area (Å²) in [6.07, 6.45) is 4.29. The van der Waals surface area contributed by atoms with Crippen molar-refractivity contribution in [2.45, 2.75) is 38.1 Å². The molecule has 0 aliphatic heterocycles. The third kappa shape index (κ3) is 2.55. The van der Waals surface area contributed by atoms with E-state index in [4.69, 9.17) is 15.2 Å². The summed E-state index contributed by atoms with van der Waals surface area (Å²) < 4.78 is 10.8. The number of ether oxygens (including phenoxy) is 2. The van der Waals surface area contributed by atoms with E-state index < -0.39 is 0 Å². The van der Waals surface area contributed by atoms with Crippen molar-refractivity contribution in [3.63, 3.8) is 0 Å². The molecular weight excluding hydrogens is 214 g/mol. The highest BCUT2D eigenvalue weighted by Crippen LogP contribution is 2.39. The van der Waals surface area contributed by atoms with Crippen molar-refractivity contribution in [1.82, 2.24) is 0 Å². The van der Waals surface area contributed by atoms with Crippen LogP contribution in [-0.2, 0) is 6.42 Å². The van der Waals surface area contributed by atoms with Crippen LogP contribution in [0.3, 0.4) is 0 Å². The van der Waals surface area contributed by atoms with Crippen molar-refractivity contribution in [2.24, 2.45) is 5.73 Å². The number of benzene rings is 1. The molecule has 1 aliphatic carbocycles. The first-order valence-corrected chi connectivity index (χ1v) is 6.09. The van der Waals surface area contributed by atoms with Gasteiger partial charge in [-0.15, -0.1) is 0 Å². The van der Waals surface area contributed by atoms with Crippen LogP contribution in [-0.4, -0.2) is 19.8 Å². The molecule has 17 heavy (non-hydrogen) atoms. The van der Waals surface area contributed by atoms with Crippen molar-refractivity contribution >= 4 is 0 Å². The minimum absolute atomic E-state index is 0.0839. The Morgan fingerprint density at radius 3 is 2.29 bits per heavy atom. The van der Waals surface area contributed by atoms with Gasteiger partial charge in [-0.2, -0.15) is 0 Å². The Balaban J connectivity index is 2.22. The Morgan fingerprint density at radius 2 is 1.76 bits per heavy atom. The second-order valence-electron chi connectivity index (χ2n) is 4.94. The van der Waals surface area contributed by atoms with Gasteiger partial charge in [-0.25, -0.2) is 0 Å². The van der Waals surface area contributed by atoms with E-state index in [1.807, 2.05) is 12.1 Å². The van der Waals surface area contributed by atoms with Crippen LogP contribution in [0.1, 0.15) is 30.4 Å². The molecule has 3 heteroatoms. The normalized spacial score (nSPS) is 16.7. The molecule has 0 amide bonds. The van der Waals surface area contributed by atoms with E-state index >= 15 is 0 Å². The van der Waals surface area contributed by atoms with Gasteiger partial charge in [-0.05, 0) is 50.3 Å². The first kappa shape index (κ1) is 12.2. The van der Waals surface area contributed by atoms with Gasteiger partial charge in [0.1, 0.15) is 11.5 Å². The Bertz CT molecular complexity index is 411. The summed E-state index contributed by atoms with van der Waals surface area (Å²) in [6.45, 7) is 2.08. The van der Waals surface area contributed by atoms with Crippen molar-refractivity contribution in [3.05, 3.63) is 23.3 Å². The van der Waals surface area contributed by atoms with Crippen molar-refractivity contribution in [1.29, 1.82) is 0 Å². The van der Waals surface area contributed by atoms with E-state index in [1.54, 1.807) is 14.2 Å². The van der Waals surface area contributed by atoms with Crippen LogP contribution in [0.25, 0.3) is 0 Å². The average Bonchev–Trinajstić information content (AvgIpc) is 3.06. The summed E-state index contributed by atoms with van der Waals surface area (Å²) in [5.41, 5.74) is 8.61. The molecule has 0 unspecified atom stereocenters. The van der Waals surface area contributed by atoms with E-state index in [9.17, 15) is 0 Å². The highest BCUT2D eigenvalue weighted by molar-refractivity contribution is 5.48. The number of methoxy groups -OCH3 is 2. The molecule has 0 aromatic heterocycles. The van der Waals surface area contributed by atoms with Gasteiger partial charge in [0.25, 0.3) is 0 Å².